The largest absolute Gasteiger partial charge is 0.240 e. The Balaban J connectivity index is 2.48. The van der Waals surface area contributed by atoms with E-state index >= 15 is 0 Å². The molecule has 0 aliphatic carbocycles. The van der Waals surface area contributed by atoms with Gasteiger partial charge in [-0.05, 0) is 6.92 Å². The first kappa shape index (κ1) is 8.73. The van der Waals surface area contributed by atoms with Gasteiger partial charge in [0, 0.05) is 5.56 Å². The molecular weight excluding hydrogens is 202 g/mol. The summed E-state index contributed by atoms with van der Waals surface area (Å²) in [5, 5.41) is 0.989. The Morgan fingerprint density at radius 1 is 1.23 bits per heavy atom. The highest BCUT2D eigenvalue weighted by Gasteiger charge is 2.05. The third-order valence-electron chi connectivity index (χ3n) is 1.76. The van der Waals surface area contributed by atoms with Crippen molar-refractivity contribution in [3.8, 4) is 10.6 Å². The van der Waals surface area contributed by atoms with Crippen molar-refractivity contribution in [3.05, 3.63) is 40.4 Å². The van der Waals surface area contributed by atoms with Crippen LogP contribution in [0.15, 0.2) is 30.3 Å². The normalized spacial score (nSPS) is 10.3. The Kier molecular flexibility index (Phi) is 2.34. The van der Waals surface area contributed by atoms with Crippen LogP contribution < -0.4 is 0 Å². The van der Waals surface area contributed by atoms with Crippen LogP contribution in [0.1, 0.15) is 5.69 Å². The molecule has 2 rings (SSSR count). The van der Waals surface area contributed by atoms with Gasteiger partial charge < -0.3 is 0 Å². The Morgan fingerprint density at radius 2 is 1.92 bits per heavy atom. The fraction of sp³-hybridized carbons (Fsp3) is 0.100. The SMILES string of the molecule is Cc1nc(-c2ccccc2)sc1Cl. The quantitative estimate of drug-likeness (QED) is 0.697. The van der Waals surface area contributed by atoms with Crippen LogP contribution in [0.3, 0.4) is 0 Å². The molecule has 1 aromatic heterocycles. The monoisotopic (exact) mass is 209 g/mol. The maximum absolute atomic E-state index is 5.94. The predicted octanol–water partition coefficient (Wildman–Crippen LogP) is 3.77. The van der Waals surface area contributed by atoms with Crippen molar-refractivity contribution >= 4 is 22.9 Å². The summed E-state index contributed by atoms with van der Waals surface area (Å²) >= 11 is 7.46. The van der Waals surface area contributed by atoms with Gasteiger partial charge in [-0.25, -0.2) is 4.98 Å². The molecule has 1 aromatic carbocycles. The first-order valence-corrected chi connectivity index (χ1v) is 5.15. The average Bonchev–Trinajstić information content (AvgIpc) is 2.49. The minimum Gasteiger partial charge on any atom is -0.240 e. The first-order chi connectivity index (χ1) is 6.27. The molecule has 3 heteroatoms. The van der Waals surface area contributed by atoms with E-state index in [1.165, 1.54) is 11.3 Å². The Morgan fingerprint density at radius 3 is 2.46 bits per heavy atom. The van der Waals surface area contributed by atoms with Gasteiger partial charge in [0.15, 0.2) is 0 Å². The lowest BCUT2D eigenvalue weighted by molar-refractivity contribution is 1.27. The van der Waals surface area contributed by atoms with Crippen molar-refractivity contribution in [1.82, 2.24) is 4.98 Å². The summed E-state index contributed by atoms with van der Waals surface area (Å²) in [4.78, 5) is 4.37. The lowest BCUT2D eigenvalue weighted by atomic mass is 10.2. The van der Waals surface area contributed by atoms with Gasteiger partial charge in [-0.3, -0.25) is 0 Å². The molecule has 2 aromatic rings. The number of halogens is 1. The third-order valence-corrected chi connectivity index (χ3v) is 3.26. The second-order valence-corrected chi connectivity index (χ2v) is 4.35. The van der Waals surface area contributed by atoms with Gasteiger partial charge in [0.2, 0.25) is 0 Å². The van der Waals surface area contributed by atoms with Gasteiger partial charge in [0.1, 0.15) is 9.34 Å². The zero-order valence-electron chi connectivity index (χ0n) is 7.12. The minimum absolute atomic E-state index is 0.777. The summed E-state index contributed by atoms with van der Waals surface area (Å²) in [7, 11) is 0. The molecule has 1 nitrogen and oxygen atoms in total. The van der Waals surface area contributed by atoms with E-state index in [0.29, 0.717) is 0 Å². The number of rotatable bonds is 1. The molecule has 0 radical (unpaired) electrons. The summed E-state index contributed by atoms with van der Waals surface area (Å²) in [6, 6.07) is 10.1. The summed E-state index contributed by atoms with van der Waals surface area (Å²) in [6.07, 6.45) is 0. The maximum atomic E-state index is 5.94. The molecule has 0 aliphatic heterocycles. The Hall–Kier alpha value is -0.860. The summed E-state index contributed by atoms with van der Waals surface area (Å²) in [5.41, 5.74) is 2.04. The van der Waals surface area contributed by atoms with Crippen LogP contribution in [0, 0.1) is 6.92 Å². The summed E-state index contributed by atoms with van der Waals surface area (Å²) in [5.74, 6) is 0. The van der Waals surface area contributed by atoms with E-state index in [1.54, 1.807) is 0 Å². The third kappa shape index (κ3) is 1.74. The zero-order chi connectivity index (χ0) is 9.26. The topological polar surface area (TPSA) is 12.9 Å². The second-order valence-electron chi connectivity index (χ2n) is 2.74. The highest BCUT2D eigenvalue weighted by atomic mass is 35.5. The fourth-order valence-electron chi connectivity index (χ4n) is 1.08. The lowest BCUT2D eigenvalue weighted by Crippen LogP contribution is -1.75. The molecule has 66 valence electrons. The van der Waals surface area contributed by atoms with Crippen LogP contribution in [0.2, 0.25) is 4.34 Å². The highest BCUT2D eigenvalue weighted by Crippen LogP contribution is 2.30. The molecule has 0 spiro atoms. The molecule has 0 bridgehead atoms. The molecule has 0 fully saturated rings. The number of nitrogens with zero attached hydrogens (tertiary/aromatic N) is 1. The molecule has 0 unspecified atom stereocenters. The van der Waals surface area contributed by atoms with Crippen LogP contribution >= 0.6 is 22.9 Å². The van der Waals surface area contributed by atoms with Crippen LogP contribution in [0.4, 0.5) is 0 Å². The molecule has 0 aliphatic rings. The van der Waals surface area contributed by atoms with Crippen LogP contribution in [-0.2, 0) is 0 Å². The van der Waals surface area contributed by atoms with Crippen molar-refractivity contribution in [3.63, 3.8) is 0 Å². The molecule has 13 heavy (non-hydrogen) atoms. The van der Waals surface area contributed by atoms with E-state index in [2.05, 4.69) is 4.98 Å². The second kappa shape index (κ2) is 3.48. The average molecular weight is 210 g/mol. The van der Waals surface area contributed by atoms with E-state index < -0.39 is 0 Å². The van der Waals surface area contributed by atoms with Gasteiger partial charge in [0.25, 0.3) is 0 Å². The smallest absolute Gasteiger partial charge is 0.125 e. The molecule has 0 N–H and O–H groups in total. The number of aromatic nitrogens is 1. The van der Waals surface area contributed by atoms with Crippen molar-refractivity contribution in [2.24, 2.45) is 0 Å². The van der Waals surface area contributed by atoms with E-state index in [-0.39, 0.29) is 0 Å². The van der Waals surface area contributed by atoms with E-state index in [9.17, 15) is 0 Å². The van der Waals surface area contributed by atoms with Crippen molar-refractivity contribution in [1.29, 1.82) is 0 Å². The standard InChI is InChI=1S/C10H8ClNS/c1-7-9(11)13-10(12-7)8-5-3-2-4-6-8/h2-6H,1H3. The van der Waals surface area contributed by atoms with Crippen LogP contribution in [0.25, 0.3) is 10.6 Å². The van der Waals surface area contributed by atoms with Gasteiger partial charge in [0.05, 0.1) is 5.69 Å². The fourth-order valence-corrected chi connectivity index (χ4v) is 2.14. The number of hydrogen-bond acceptors (Lipinski definition) is 2. The lowest BCUT2D eigenvalue weighted by Gasteiger charge is -1.92. The van der Waals surface area contributed by atoms with Crippen molar-refractivity contribution in [2.75, 3.05) is 0 Å². The van der Waals surface area contributed by atoms with E-state index in [4.69, 9.17) is 11.6 Å². The van der Waals surface area contributed by atoms with Gasteiger partial charge in [-0.15, -0.1) is 11.3 Å². The van der Waals surface area contributed by atoms with Gasteiger partial charge >= 0.3 is 0 Å². The number of benzene rings is 1. The van der Waals surface area contributed by atoms with Crippen LogP contribution in [0.5, 0.6) is 0 Å². The maximum Gasteiger partial charge on any atom is 0.125 e. The minimum atomic E-state index is 0.777. The van der Waals surface area contributed by atoms with Gasteiger partial charge in [-0.1, -0.05) is 41.9 Å². The van der Waals surface area contributed by atoms with E-state index in [1.807, 2.05) is 37.3 Å². The Bertz CT molecular complexity index is 389. The number of hydrogen-bond donors (Lipinski definition) is 0. The first-order valence-electron chi connectivity index (χ1n) is 3.96. The molecule has 0 saturated heterocycles. The molecule has 0 amide bonds. The van der Waals surface area contributed by atoms with Crippen molar-refractivity contribution < 1.29 is 0 Å². The number of thiazole rings is 1. The van der Waals surface area contributed by atoms with Crippen molar-refractivity contribution in [2.45, 2.75) is 6.92 Å². The highest BCUT2D eigenvalue weighted by molar-refractivity contribution is 7.19. The zero-order valence-corrected chi connectivity index (χ0v) is 8.69. The molecular formula is C10H8ClNS. The molecule has 1 heterocycles. The van der Waals surface area contributed by atoms with Crippen LogP contribution in [-0.4, -0.2) is 4.98 Å². The molecule has 0 atom stereocenters. The summed E-state index contributed by atoms with van der Waals surface area (Å²) in [6.45, 7) is 1.92. The van der Waals surface area contributed by atoms with Gasteiger partial charge in [-0.2, -0.15) is 0 Å². The number of aryl methyl sites for hydroxylation is 1. The Labute approximate surface area is 86.0 Å². The van der Waals surface area contributed by atoms with E-state index in [0.717, 1.165) is 20.6 Å². The predicted molar refractivity (Wildman–Crippen MR) is 57.3 cm³/mol. The summed E-state index contributed by atoms with van der Waals surface area (Å²) < 4.78 is 0.777. The molecule has 0 saturated carbocycles.